The number of amides is 1. The first-order chi connectivity index (χ1) is 15.7. The van der Waals surface area contributed by atoms with E-state index in [-0.39, 0.29) is 12.5 Å². The monoisotopic (exact) mass is 438 g/mol. The highest BCUT2D eigenvalue weighted by Crippen LogP contribution is 2.17. The lowest BCUT2D eigenvalue weighted by molar-refractivity contribution is -0.119. The van der Waals surface area contributed by atoms with Gasteiger partial charge in [0.05, 0.1) is 20.3 Å². The molecule has 7 heteroatoms. The Morgan fingerprint density at radius 3 is 2.59 bits per heavy atom. The van der Waals surface area contributed by atoms with Crippen LogP contribution in [0, 0.1) is 5.92 Å². The number of ether oxygens (including phenoxy) is 2. The minimum atomic E-state index is -0.0989. The molecule has 1 aliphatic rings. The summed E-state index contributed by atoms with van der Waals surface area (Å²) in [7, 11) is 1.64. The van der Waals surface area contributed by atoms with Crippen molar-refractivity contribution in [1.29, 1.82) is 0 Å². The number of nitrogens with one attached hydrogen (secondary N) is 2. The highest BCUT2D eigenvalue weighted by molar-refractivity contribution is 5.85. The zero-order valence-corrected chi connectivity index (χ0v) is 19.0. The van der Waals surface area contributed by atoms with E-state index in [0.717, 1.165) is 49.9 Å². The topological polar surface area (TPSA) is 75.2 Å². The standard InChI is InChI=1S/C25H34N4O3/c1-3-26-25(28-16-24(30)27-15-20-9-11-23(31-2)12-10-20)29-14-13-22(17-29)19-32-18-21-7-5-4-6-8-21/h4-12,22H,3,13-19H2,1-2H3,(H,26,28)(H,27,30). The average Bonchev–Trinajstić information content (AvgIpc) is 3.30. The van der Waals surface area contributed by atoms with Gasteiger partial charge in [-0.25, -0.2) is 4.99 Å². The van der Waals surface area contributed by atoms with Gasteiger partial charge in [0.25, 0.3) is 0 Å². The van der Waals surface area contributed by atoms with E-state index in [0.29, 0.717) is 19.1 Å². The number of aliphatic imine (C=N–C) groups is 1. The van der Waals surface area contributed by atoms with Crippen molar-refractivity contribution in [3.05, 3.63) is 65.7 Å². The lowest BCUT2D eigenvalue weighted by atomic mass is 10.1. The second-order valence-electron chi connectivity index (χ2n) is 7.90. The van der Waals surface area contributed by atoms with Gasteiger partial charge in [-0.15, -0.1) is 0 Å². The molecule has 1 saturated heterocycles. The molecule has 2 N–H and O–H groups in total. The molecule has 0 bridgehead atoms. The Kier molecular flexibility index (Phi) is 9.37. The fourth-order valence-electron chi connectivity index (χ4n) is 3.65. The summed E-state index contributed by atoms with van der Waals surface area (Å²) in [4.78, 5) is 19.1. The molecule has 1 fully saturated rings. The zero-order chi connectivity index (χ0) is 22.6. The van der Waals surface area contributed by atoms with E-state index in [2.05, 4.69) is 32.7 Å². The minimum Gasteiger partial charge on any atom is -0.497 e. The maximum absolute atomic E-state index is 12.3. The van der Waals surface area contributed by atoms with Crippen LogP contribution in [0.25, 0.3) is 0 Å². The first-order valence-corrected chi connectivity index (χ1v) is 11.2. The number of hydrogen-bond acceptors (Lipinski definition) is 4. The molecule has 0 saturated carbocycles. The van der Waals surface area contributed by atoms with Crippen LogP contribution in [0.4, 0.5) is 0 Å². The van der Waals surface area contributed by atoms with Gasteiger partial charge in [-0.05, 0) is 36.6 Å². The molecule has 32 heavy (non-hydrogen) atoms. The van der Waals surface area contributed by atoms with Crippen LogP contribution in [0.2, 0.25) is 0 Å². The Labute approximate surface area is 190 Å². The third-order valence-corrected chi connectivity index (χ3v) is 5.41. The molecule has 172 valence electrons. The van der Waals surface area contributed by atoms with Crippen molar-refractivity contribution in [1.82, 2.24) is 15.5 Å². The lowest BCUT2D eigenvalue weighted by Crippen LogP contribution is -2.41. The van der Waals surface area contributed by atoms with Crippen LogP contribution in [-0.4, -0.2) is 56.7 Å². The molecular formula is C25H34N4O3. The van der Waals surface area contributed by atoms with Gasteiger partial charge in [-0.3, -0.25) is 4.79 Å². The van der Waals surface area contributed by atoms with Crippen molar-refractivity contribution in [3.8, 4) is 5.75 Å². The Morgan fingerprint density at radius 2 is 1.88 bits per heavy atom. The predicted octanol–water partition coefficient (Wildman–Crippen LogP) is 2.82. The van der Waals surface area contributed by atoms with Crippen LogP contribution in [0.3, 0.4) is 0 Å². The van der Waals surface area contributed by atoms with Crippen molar-refractivity contribution < 1.29 is 14.3 Å². The summed E-state index contributed by atoms with van der Waals surface area (Å²) < 4.78 is 11.1. The van der Waals surface area contributed by atoms with Gasteiger partial charge in [0.15, 0.2) is 5.96 Å². The molecule has 1 amide bonds. The minimum absolute atomic E-state index is 0.0989. The number of rotatable bonds is 10. The van der Waals surface area contributed by atoms with Crippen LogP contribution in [-0.2, 0) is 22.7 Å². The molecule has 0 radical (unpaired) electrons. The molecular weight excluding hydrogens is 404 g/mol. The fourth-order valence-corrected chi connectivity index (χ4v) is 3.65. The van der Waals surface area contributed by atoms with E-state index >= 15 is 0 Å². The molecule has 1 aliphatic heterocycles. The lowest BCUT2D eigenvalue weighted by Gasteiger charge is -2.21. The molecule has 2 aromatic rings. The quantitative estimate of drug-likeness (QED) is 0.441. The highest BCUT2D eigenvalue weighted by atomic mass is 16.5. The first kappa shape index (κ1) is 23.6. The Bertz CT molecular complexity index is 855. The highest BCUT2D eigenvalue weighted by Gasteiger charge is 2.25. The van der Waals surface area contributed by atoms with Crippen molar-refractivity contribution in [2.24, 2.45) is 10.9 Å². The molecule has 3 rings (SSSR count). The van der Waals surface area contributed by atoms with Crippen LogP contribution in [0.15, 0.2) is 59.6 Å². The van der Waals surface area contributed by atoms with Crippen LogP contribution in [0.1, 0.15) is 24.5 Å². The van der Waals surface area contributed by atoms with Crippen LogP contribution in [0.5, 0.6) is 5.75 Å². The van der Waals surface area contributed by atoms with Crippen molar-refractivity contribution >= 4 is 11.9 Å². The summed E-state index contributed by atoms with van der Waals surface area (Å²) >= 11 is 0. The second kappa shape index (κ2) is 12.7. The first-order valence-electron chi connectivity index (χ1n) is 11.2. The Hall–Kier alpha value is -3.06. The maximum atomic E-state index is 12.3. The molecule has 0 spiro atoms. The molecule has 7 nitrogen and oxygen atoms in total. The number of carbonyl (C=O) groups is 1. The normalized spacial score (nSPS) is 16.1. The number of nitrogens with zero attached hydrogens (tertiary/aromatic N) is 2. The van der Waals surface area contributed by atoms with Gasteiger partial charge >= 0.3 is 0 Å². The number of methoxy groups -OCH3 is 1. The van der Waals surface area contributed by atoms with Gasteiger partial charge in [0.2, 0.25) is 5.91 Å². The van der Waals surface area contributed by atoms with Crippen LogP contribution < -0.4 is 15.4 Å². The van der Waals surface area contributed by atoms with Gasteiger partial charge in [0, 0.05) is 32.1 Å². The van der Waals surface area contributed by atoms with E-state index in [1.54, 1.807) is 7.11 Å². The molecule has 1 unspecified atom stereocenters. The third kappa shape index (κ3) is 7.57. The summed E-state index contributed by atoms with van der Waals surface area (Å²) in [5.41, 5.74) is 2.21. The number of carbonyl (C=O) groups excluding carboxylic acids is 1. The number of benzene rings is 2. The number of guanidine groups is 1. The van der Waals surface area contributed by atoms with Gasteiger partial charge in [0.1, 0.15) is 12.3 Å². The van der Waals surface area contributed by atoms with Gasteiger partial charge in [-0.1, -0.05) is 42.5 Å². The van der Waals surface area contributed by atoms with E-state index in [1.165, 1.54) is 5.56 Å². The molecule has 0 aromatic heterocycles. The second-order valence-corrected chi connectivity index (χ2v) is 7.90. The Morgan fingerprint density at radius 1 is 1.09 bits per heavy atom. The average molecular weight is 439 g/mol. The summed E-state index contributed by atoms with van der Waals surface area (Å²) in [5, 5.41) is 6.23. The summed E-state index contributed by atoms with van der Waals surface area (Å²) in [6.45, 7) is 6.54. The zero-order valence-electron chi connectivity index (χ0n) is 19.0. The van der Waals surface area contributed by atoms with Crippen molar-refractivity contribution in [3.63, 3.8) is 0 Å². The Balaban J connectivity index is 1.42. The molecule has 0 aliphatic carbocycles. The van der Waals surface area contributed by atoms with E-state index in [4.69, 9.17) is 9.47 Å². The van der Waals surface area contributed by atoms with E-state index < -0.39 is 0 Å². The number of hydrogen-bond donors (Lipinski definition) is 2. The predicted molar refractivity (Wildman–Crippen MR) is 127 cm³/mol. The van der Waals surface area contributed by atoms with E-state index in [9.17, 15) is 4.79 Å². The summed E-state index contributed by atoms with van der Waals surface area (Å²) in [6.07, 6.45) is 1.06. The summed E-state index contributed by atoms with van der Waals surface area (Å²) in [6, 6.07) is 17.9. The molecule has 1 heterocycles. The van der Waals surface area contributed by atoms with Crippen molar-refractivity contribution in [2.45, 2.75) is 26.5 Å². The largest absolute Gasteiger partial charge is 0.497 e. The van der Waals surface area contributed by atoms with E-state index in [1.807, 2.05) is 49.4 Å². The summed E-state index contributed by atoms with van der Waals surface area (Å²) in [5.74, 6) is 1.96. The van der Waals surface area contributed by atoms with Gasteiger partial charge in [-0.2, -0.15) is 0 Å². The molecule has 1 atom stereocenters. The smallest absolute Gasteiger partial charge is 0.242 e. The SMILES string of the molecule is CCNC(=NCC(=O)NCc1ccc(OC)cc1)N1CCC(COCc2ccccc2)C1. The number of likely N-dealkylation sites (tertiary alicyclic amines) is 1. The third-order valence-electron chi connectivity index (χ3n) is 5.41. The van der Waals surface area contributed by atoms with Crippen molar-refractivity contribution in [2.75, 3.05) is 39.9 Å². The maximum Gasteiger partial charge on any atom is 0.242 e. The fraction of sp³-hybridized carbons (Fsp3) is 0.440. The van der Waals surface area contributed by atoms with Crippen LogP contribution >= 0.6 is 0 Å². The van der Waals surface area contributed by atoms with Gasteiger partial charge < -0.3 is 25.0 Å². The molecule has 2 aromatic carbocycles.